The zero-order chi connectivity index (χ0) is 10.6. The summed E-state index contributed by atoms with van der Waals surface area (Å²) in [5.41, 5.74) is 6.45. The van der Waals surface area contributed by atoms with Crippen molar-refractivity contribution in [1.82, 2.24) is 5.16 Å². The van der Waals surface area contributed by atoms with Gasteiger partial charge in [-0.3, -0.25) is 4.79 Å². The minimum absolute atomic E-state index is 0.263. The molecule has 2 N–H and O–H groups in total. The van der Waals surface area contributed by atoms with Crippen LogP contribution in [0.1, 0.15) is 30.3 Å². The van der Waals surface area contributed by atoms with Gasteiger partial charge < -0.3 is 15.0 Å². The largest absolute Gasteiger partial charge is 0.469 e. The number of esters is 1. The van der Waals surface area contributed by atoms with Crippen molar-refractivity contribution in [2.45, 2.75) is 25.8 Å². The number of nitrogens with two attached hydrogens (primary N) is 1. The van der Waals surface area contributed by atoms with Gasteiger partial charge in [-0.25, -0.2) is 0 Å². The first kappa shape index (κ1) is 10.7. The van der Waals surface area contributed by atoms with Gasteiger partial charge in [0.1, 0.15) is 11.5 Å². The van der Waals surface area contributed by atoms with Gasteiger partial charge in [0.2, 0.25) is 0 Å². The van der Waals surface area contributed by atoms with Crippen molar-refractivity contribution in [3.63, 3.8) is 0 Å². The Morgan fingerprint density at radius 1 is 1.79 bits per heavy atom. The summed E-state index contributed by atoms with van der Waals surface area (Å²) in [6, 6.07) is 1.49. The summed E-state index contributed by atoms with van der Waals surface area (Å²) in [4.78, 5) is 10.8. The van der Waals surface area contributed by atoms with E-state index in [4.69, 9.17) is 10.3 Å². The van der Waals surface area contributed by atoms with Crippen molar-refractivity contribution < 1.29 is 14.1 Å². The number of hydrogen-bond acceptors (Lipinski definition) is 5. The molecule has 1 rings (SSSR count). The summed E-state index contributed by atoms with van der Waals surface area (Å²) < 4.78 is 9.38. The Labute approximate surface area is 82.2 Å². The molecule has 14 heavy (non-hydrogen) atoms. The zero-order valence-electron chi connectivity index (χ0n) is 8.32. The molecule has 0 aliphatic heterocycles. The van der Waals surface area contributed by atoms with Gasteiger partial charge in [-0.05, 0) is 13.3 Å². The predicted molar refractivity (Wildman–Crippen MR) is 49.4 cm³/mol. The molecule has 1 aromatic rings. The molecule has 5 nitrogen and oxygen atoms in total. The van der Waals surface area contributed by atoms with Gasteiger partial charge in [-0.2, -0.15) is 0 Å². The van der Waals surface area contributed by atoms with Crippen LogP contribution >= 0.6 is 0 Å². The summed E-state index contributed by atoms with van der Waals surface area (Å²) >= 11 is 0. The molecule has 0 aromatic carbocycles. The molecule has 5 heteroatoms. The average Bonchev–Trinajstić information content (AvgIpc) is 2.60. The maximum Gasteiger partial charge on any atom is 0.305 e. The number of rotatable bonds is 4. The maximum atomic E-state index is 10.8. The SMILES string of the molecule is COC(=O)CCC(N)c1cc(C)on1. The minimum atomic E-state index is -0.272. The molecule has 1 unspecified atom stereocenters. The third-order valence-electron chi connectivity index (χ3n) is 1.91. The third kappa shape index (κ3) is 2.85. The van der Waals surface area contributed by atoms with E-state index < -0.39 is 0 Å². The molecule has 0 aliphatic rings. The van der Waals surface area contributed by atoms with Gasteiger partial charge >= 0.3 is 5.97 Å². The molecule has 0 saturated carbocycles. The standard InChI is InChI=1S/C9H14N2O3/c1-6-5-8(11-14-6)7(10)3-4-9(12)13-2/h5,7H,3-4,10H2,1-2H3. The molecule has 1 atom stereocenters. The molecular weight excluding hydrogens is 184 g/mol. The van der Waals surface area contributed by atoms with Crippen molar-refractivity contribution in [2.24, 2.45) is 5.73 Å². The van der Waals surface area contributed by atoms with Crippen LogP contribution in [0.5, 0.6) is 0 Å². The fraction of sp³-hybridized carbons (Fsp3) is 0.556. The van der Waals surface area contributed by atoms with Gasteiger partial charge in [-0.15, -0.1) is 0 Å². The van der Waals surface area contributed by atoms with Crippen molar-refractivity contribution >= 4 is 5.97 Å². The molecule has 0 fully saturated rings. The van der Waals surface area contributed by atoms with Crippen LogP contribution < -0.4 is 5.73 Å². The van der Waals surface area contributed by atoms with E-state index in [-0.39, 0.29) is 12.0 Å². The fourth-order valence-corrected chi connectivity index (χ4v) is 1.08. The summed E-state index contributed by atoms with van der Waals surface area (Å²) in [5.74, 6) is 0.453. The Balaban J connectivity index is 2.42. The monoisotopic (exact) mass is 198 g/mol. The summed E-state index contributed by atoms with van der Waals surface area (Å²) in [6.45, 7) is 1.80. The maximum absolute atomic E-state index is 10.8. The fourth-order valence-electron chi connectivity index (χ4n) is 1.08. The lowest BCUT2D eigenvalue weighted by Crippen LogP contribution is -2.13. The van der Waals surface area contributed by atoms with Crippen molar-refractivity contribution in [3.05, 3.63) is 17.5 Å². The van der Waals surface area contributed by atoms with Gasteiger partial charge in [0, 0.05) is 12.5 Å². The third-order valence-corrected chi connectivity index (χ3v) is 1.91. The number of ether oxygens (including phenoxy) is 1. The van der Waals surface area contributed by atoms with Crippen LogP contribution in [0, 0.1) is 6.92 Å². The van der Waals surface area contributed by atoms with Crippen LogP contribution in [0.4, 0.5) is 0 Å². The molecule has 0 bridgehead atoms. The number of nitrogens with zero attached hydrogens (tertiary/aromatic N) is 1. The number of hydrogen-bond donors (Lipinski definition) is 1. The summed E-state index contributed by atoms with van der Waals surface area (Å²) in [5, 5.41) is 3.77. The quantitative estimate of drug-likeness (QED) is 0.728. The number of aromatic nitrogens is 1. The Morgan fingerprint density at radius 3 is 3.00 bits per heavy atom. The number of carbonyl (C=O) groups excluding carboxylic acids is 1. The number of carbonyl (C=O) groups is 1. The van der Waals surface area contributed by atoms with E-state index in [1.165, 1.54) is 7.11 Å². The summed E-state index contributed by atoms with van der Waals surface area (Å²) in [7, 11) is 1.36. The lowest BCUT2D eigenvalue weighted by molar-refractivity contribution is -0.140. The molecule has 0 spiro atoms. The van der Waals surface area contributed by atoms with Crippen LogP contribution in [0.3, 0.4) is 0 Å². The summed E-state index contributed by atoms with van der Waals surface area (Å²) in [6.07, 6.45) is 0.808. The molecule has 0 radical (unpaired) electrons. The van der Waals surface area contributed by atoms with Gasteiger partial charge in [-0.1, -0.05) is 5.16 Å². The Morgan fingerprint density at radius 2 is 2.50 bits per heavy atom. The number of aryl methyl sites for hydroxylation is 1. The second-order valence-corrected chi connectivity index (χ2v) is 3.08. The van der Waals surface area contributed by atoms with Crippen LogP contribution in [0.25, 0.3) is 0 Å². The van der Waals surface area contributed by atoms with Crippen molar-refractivity contribution in [3.8, 4) is 0 Å². The highest BCUT2D eigenvalue weighted by atomic mass is 16.5. The van der Waals surface area contributed by atoms with Crippen LogP contribution in [0.2, 0.25) is 0 Å². The van der Waals surface area contributed by atoms with Crippen LogP contribution in [-0.2, 0) is 9.53 Å². The normalized spacial score (nSPS) is 12.5. The van der Waals surface area contributed by atoms with E-state index in [9.17, 15) is 4.79 Å². The van der Waals surface area contributed by atoms with E-state index in [2.05, 4.69) is 9.89 Å². The Bertz CT molecular complexity index is 309. The highest BCUT2D eigenvalue weighted by molar-refractivity contribution is 5.69. The van der Waals surface area contributed by atoms with E-state index >= 15 is 0 Å². The van der Waals surface area contributed by atoms with Crippen molar-refractivity contribution in [2.75, 3.05) is 7.11 Å². The molecule has 1 heterocycles. The lowest BCUT2D eigenvalue weighted by Gasteiger charge is -2.05. The first-order valence-corrected chi connectivity index (χ1v) is 4.39. The zero-order valence-corrected chi connectivity index (χ0v) is 8.32. The van der Waals surface area contributed by atoms with E-state index in [0.717, 1.165) is 0 Å². The van der Waals surface area contributed by atoms with Crippen LogP contribution in [0.15, 0.2) is 10.6 Å². The Hall–Kier alpha value is -1.36. The average molecular weight is 198 g/mol. The van der Waals surface area contributed by atoms with Gasteiger partial charge in [0.05, 0.1) is 13.2 Å². The molecule has 0 amide bonds. The first-order valence-electron chi connectivity index (χ1n) is 4.39. The highest BCUT2D eigenvalue weighted by Crippen LogP contribution is 2.15. The molecule has 78 valence electrons. The second-order valence-electron chi connectivity index (χ2n) is 3.08. The molecular formula is C9H14N2O3. The van der Waals surface area contributed by atoms with E-state index in [1.54, 1.807) is 13.0 Å². The highest BCUT2D eigenvalue weighted by Gasteiger charge is 2.12. The molecule has 1 aromatic heterocycles. The topological polar surface area (TPSA) is 78.4 Å². The first-order chi connectivity index (χ1) is 6.63. The van der Waals surface area contributed by atoms with Gasteiger partial charge in [0.25, 0.3) is 0 Å². The lowest BCUT2D eigenvalue weighted by atomic mass is 10.1. The van der Waals surface area contributed by atoms with E-state index in [0.29, 0.717) is 24.3 Å². The molecule has 0 saturated heterocycles. The van der Waals surface area contributed by atoms with E-state index in [1.807, 2.05) is 0 Å². The minimum Gasteiger partial charge on any atom is -0.469 e. The van der Waals surface area contributed by atoms with Crippen molar-refractivity contribution in [1.29, 1.82) is 0 Å². The second kappa shape index (κ2) is 4.76. The Kier molecular flexibility index (Phi) is 3.64. The van der Waals surface area contributed by atoms with Crippen LogP contribution in [-0.4, -0.2) is 18.2 Å². The smallest absolute Gasteiger partial charge is 0.305 e. The number of methoxy groups -OCH3 is 1. The predicted octanol–water partition coefficient (Wildman–Crippen LogP) is 0.936. The van der Waals surface area contributed by atoms with Gasteiger partial charge in [0.15, 0.2) is 0 Å². The molecule has 0 aliphatic carbocycles.